The van der Waals surface area contributed by atoms with Crippen molar-refractivity contribution in [2.24, 2.45) is 10.7 Å². The monoisotopic (exact) mass is 275 g/mol. The molecule has 0 aromatic heterocycles. The van der Waals surface area contributed by atoms with Crippen molar-refractivity contribution in [3.63, 3.8) is 0 Å². The van der Waals surface area contributed by atoms with Crippen LogP contribution in [0.2, 0.25) is 0 Å². The molecule has 1 aliphatic carbocycles. The van der Waals surface area contributed by atoms with Crippen LogP contribution in [-0.2, 0) is 11.2 Å². The van der Waals surface area contributed by atoms with Gasteiger partial charge < -0.3 is 15.8 Å². The number of nitrogens with zero attached hydrogens (tertiary/aromatic N) is 1. The Labute approximate surface area is 121 Å². The molecule has 4 heteroatoms. The Bertz CT molecular complexity index is 459. The summed E-state index contributed by atoms with van der Waals surface area (Å²) in [6.45, 7) is 3.42. The van der Waals surface area contributed by atoms with Gasteiger partial charge in [0.2, 0.25) is 0 Å². The Kier molecular flexibility index (Phi) is 5.41. The van der Waals surface area contributed by atoms with Crippen molar-refractivity contribution in [3.8, 4) is 0 Å². The van der Waals surface area contributed by atoms with Crippen LogP contribution in [0.1, 0.15) is 36.8 Å². The van der Waals surface area contributed by atoms with Crippen LogP contribution in [0.4, 0.5) is 0 Å². The fraction of sp³-hybridized carbons (Fsp3) is 0.562. The van der Waals surface area contributed by atoms with Crippen molar-refractivity contribution in [2.45, 2.75) is 38.1 Å². The lowest BCUT2D eigenvalue weighted by atomic mass is 9.83. The van der Waals surface area contributed by atoms with Crippen LogP contribution in [0.3, 0.4) is 0 Å². The molecule has 0 radical (unpaired) electrons. The first-order valence-electron chi connectivity index (χ1n) is 7.34. The van der Waals surface area contributed by atoms with Crippen LogP contribution < -0.4 is 11.1 Å². The molecule has 0 heterocycles. The molecule has 3 N–H and O–H groups in total. The van der Waals surface area contributed by atoms with Gasteiger partial charge in [-0.1, -0.05) is 24.3 Å². The summed E-state index contributed by atoms with van der Waals surface area (Å²) in [6, 6.07) is 8.87. The quantitative estimate of drug-likeness (QED) is 0.638. The lowest BCUT2D eigenvalue weighted by Gasteiger charge is -2.24. The third-order valence-corrected chi connectivity index (χ3v) is 3.79. The number of rotatable bonds is 5. The minimum atomic E-state index is 0.183. The predicted octanol–water partition coefficient (Wildman–Crippen LogP) is 2.05. The second kappa shape index (κ2) is 7.29. The number of hydrogen-bond acceptors (Lipinski definition) is 2. The van der Waals surface area contributed by atoms with Gasteiger partial charge in [0.1, 0.15) is 0 Å². The van der Waals surface area contributed by atoms with Gasteiger partial charge in [0, 0.05) is 25.6 Å². The van der Waals surface area contributed by atoms with Crippen molar-refractivity contribution in [1.82, 2.24) is 5.32 Å². The first-order chi connectivity index (χ1) is 9.70. The van der Waals surface area contributed by atoms with Crippen LogP contribution in [0.5, 0.6) is 0 Å². The van der Waals surface area contributed by atoms with E-state index in [9.17, 15) is 0 Å². The lowest BCUT2D eigenvalue weighted by Crippen LogP contribution is -2.41. The molecular formula is C16H25N3O. The van der Waals surface area contributed by atoms with E-state index in [1.807, 2.05) is 6.92 Å². The van der Waals surface area contributed by atoms with Gasteiger partial charge in [-0.3, -0.25) is 4.99 Å². The van der Waals surface area contributed by atoms with Crippen LogP contribution in [0.15, 0.2) is 29.3 Å². The Morgan fingerprint density at radius 3 is 3.10 bits per heavy atom. The van der Waals surface area contributed by atoms with Gasteiger partial charge in [-0.15, -0.1) is 0 Å². The highest BCUT2D eigenvalue weighted by atomic mass is 16.5. The number of aryl methyl sites for hydroxylation is 1. The molecule has 0 spiro atoms. The second-order valence-electron chi connectivity index (χ2n) is 5.51. The summed E-state index contributed by atoms with van der Waals surface area (Å²) >= 11 is 0. The van der Waals surface area contributed by atoms with E-state index in [1.165, 1.54) is 30.4 Å². The predicted molar refractivity (Wildman–Crippen MR) is 83.1 cm³/mol. The molecule has 0 bridgehead atoms. The number of nitrogens with two attached hydrogens (primary N) is 1. The zero-order chi connectivity index (χ0) is 14.4. The van der Waals surface area contributed by atoms with Gasteiger partial charge in [0.15, 0.2) is 5.96 Å². The standard InChI is InChI=1S/C16H25N3O/c1-12(11-20-2)19-16(17)18-10-14-8-5-7-13-6-3-4-9-15(13)14/h3-4,6,9,12,14H,5,7-8,10-11H2,1-2H3,(H3,17,18,19). The second-order valence-corrected chi connectivity index (χ2v) is 5.51. The van der Waals surface area contributed by atoms with E-state index in [2.05, 4.69) is 34.6 Å². The highest BCUT2D eigenvalue weighted by Crippen LogP contribution is 2.31. The third-order valence-electron chi connectivity index (χ3n) is 3.79. The first kappa shape index (κ1) is 14.9. The van der Waals surface area contributed by atoms with E-state index in [-0.39, 0.29) is 6.04 Å². The number of fused-ring (bicyclic) bond motifs is 1. The van der Waals surface area contributed by atoms with E-state index in [1.54, 1.807) is 7.11 Å². The van der Waals surface area contributed by atoms with Crippen LogP contribution in [0, 0.1) is 0 Å². The summed E-state index contributed by atoms with van der Waals surface area (Å²) in [5, 5.41) is 3.15. The third kappa shape index (κ3) is 3.97. The molecule has 0 fully saturated rings. The van der Waals surface area contributed by atoms with Crippen molar-refractivity contribution in [3.05, 3.63) is 35.4 Å². The Morgan fingerprint density at radius 1 is 1.50 bits per heavy atom. The topological polar surface area (TPSA) is 59.6 Å². The molecular weight excluding hydrogens is 250 g/mol. The number of benzene rings is 1. The molecule has 4 nitrogen and oxygen atoms in total. The van der Waals surface area contributed by atoms with E-state index in [0.717, 1.165) is 6.54 Å². The molecule has 2 unspecified atom stereocenters. The van der Waals surface area contributed by atoms with Crippen molar-refractivity contribution in [1.29, 1.82) is 0 Å². The average Bonchev–Trinajstić information content (AvgIpc) is 2.45. The maximum Gasteiger partial charge on any atom is 0.188 e. The lowest BCUT2D eigenvalue weighted by molar-refractivity contribution is 0.179. The van der Waals surface area contributed by atoms with Gasteiger partial charge in [-0.25, -0.2) is 0 Å². The van der Waals surface area contributed by atoms with E-state index < -0.39 is 0 Å². The summed E-state index contributed by atoms with van der Waals surface area (Å²) in [6.07, 6.45) is 3.63. The number of guanidine groups is 1. The average molecular weight is 275 g/mol. The summed E-state index contributed by atoms with van der Waals surface area (Å²) in [4.78, 5) is 4.50. The molecule has 0 amide bonds. The van der Waals surface area contributed by atoms with Gasteiger partial charge >= 0.3 is 0 Å². The zero-order valence-corrected chi connectivity index (χ0v) is 12.4. The van der Waals surface area contributed by atoms with Crippen LogP contribution >= 0.6 is 0 Å². The van der Waals surface area contributed by atoms with Gasteiger partial charge in [-0.05, 0) is 37.3 Å². The Morgan fingerprint density at radius 2 is 2.30 bits per heavy atom. The van der Waals surface area contributed by atoms with E-state index in [0.29, 0.717) is 18.5 Å². The van der Waals surface area contributed by atoms with Crippen LogP contribution in [0.25, 0.3) is 0 Å². The van der Waals surface area contributed by atoms with E-state index >= 15 is 0 Å². The molecule has 1 aromatic rings. The molecule has 2 rings (SSSR count). The summed E-state index contributed by atoms with van der Waals surface area (Å²) < 4.78 is 5.07. The molecule has 0 saturated carbocycles. The molecule has 1 aromatic carbocycles. The Balaban J connectivity index is 1.94. The maximum atomic E-state index is 5.93. The minimum absolute atomic E-state index is 0.183. The van der Waals surface area contributed by atoms with Gasteiger partial charge in [-0.2, -0.15) is 0 Å². The highest BCUT2D eigenvalue weighted by Gasteiger charge is 2.19. The van der Waals surface area contributed by atoms with Gasteiger partial charge in [0.05, 0.1) is 6.61 Å². The number of nitrogens with one attached hydrogen (secondary N) is 1. The number of hydrogen-bond donors (Lipinski definition) is 2. The largest absolute Gasteiger partial charge is 0.383 e. The van der Waals surface area contributed by atoms with E-state index in [4.69, 9.17) is 10.5 Å². The number of methoxy groups -OCH3 is 1. The molecule has 0 saturated heterocycles. The fourth-order valence-electron chi connectivity index (χ4n) is 2.84. The van der Waals surface area contributed by atoms with Crippen molar-refractivity contribution in [2.75, 3.05) is 20.3 Å². The smallest absolute Gasteiger partial charge is 0.188 e. The Hall–Kier alpha value is -1.55. The summed E-state index contributed by atoms with van der Waals surface area (Å²) in [7, 11) is 1.68. The molecule has 110 valence electrons. The van der Waals surface area contributed by atoms with Crippen LogP contribution in [-0.4, -0.2) is 32.3 Å². The normalized spacial score (nSPS) is 20.3. The summed E-state index contributed by atoms with van der Waals surface area (Å²) in [5.41, 5.74) is 8.84. The fourth-order valence-corrected chi connectivity index (χ4v) is 2.84. The molecule has 1 aliphatic rings. The van der Waals surface area contributed by atoms with Crippen molar-refractivity contribution < 1.29 is 4.74 Å². The first-order valence-corrected chi connectivity index (χ1v) is 7.34. The molecule has 0 aliphatic heterocycles. The zero-order valence-electron chi connectivity index (χ0n) is 12.4. The number of ether oxygens (including phenoxy) is 1. The number of aliphatic imine (C=N–C) groups is 1. The van der Waals surface area contributed by atoms with Gasteiger partial charge in [0.25, 0.3) is 0 Å². The van der Waals surface area contributed by atoms with Crippen molar-refractivity contribution >= 4 is 5.96 Å². The maximum absolute atomic E-state index is 5.93. The summed E-state index contributed by atoms with van der Waals surface area (Å²) in [5.74, 6) is 1.01. The molecule has 20 heavy (non-hydrogen) atoms. The highest BCUT2D eigenvalue weighted by molar-refractivity contribution is 5.78. The minimum Gasteiger partial charge on any atom is -0.383 e. The SMILES string of the molecule is COCC(C)NC(N)=NCC1CCCc2ccccc21. The molecule has 2 atom stereocenters.